The van der Waals surface area contributed by atoms with Crippen molar-refractivity contribution in [1.82, 2.24) is 24.5 Å². The lowest BCUT2D eigenvalue weighted by atomic mass is 10.1. The van der Waals surface area contributed by atoms with E-state index in [0.717, 1.165) is 29.9 Å². The van der Waals surface area contributed by atoms with Gasteiger partial charge >= 0.3 is 0 Å². The summed E-state index contributed by atoms with van der Waals surface area (Å²) in [5.74, 6) is 1.08. The second-order valence-electron chi connectivity index (χ2n) is 5.06. The molecule has 3 aromatic rings. The van der Waals surface area contributed by atoms with Crippen LogP contribution in [0.5, 0.6) is 0 Å². The first kappa shape index (κ1) is 14.2. The van der Waals surface area contributed by atoms with Crippen LogP contribution in [0.3, 0.4) is 0 Å². The molecule has 0 aliphatic heterocycles. The SMILES string of the molecule is CCc1nnsc1C(Cc1nc2ccccc2n1C)NC. The standard InChI is InChI=1S/C15H19N5S/c1-4-10-15(21-19-18-10)12(16-2)9-14-17-11-7-5-6-8-13(11)20(14)3/h5-8,12,16H,4,9H2,1-3H3. The first-order chi connectivity index (χ1) is 10.2. The van der Waals surface area contributed by atoms with E-state index < -0.39 is 0 Å². The maximum Gasteiger partial charge on any atom is 0.111 e. The number of rotatable bonds is 5. The topological polar surface area (TPSA) is 55.6 Å². The Labute approximate surface area is 128 Å². The molecule has 1 atom stereocenters. The first-order valence-electron chi connectivity index (χ1n) is 7.13. The number of aromatic nitrogens is 4. The van der Waals surface area contributed by atoms with Gasteiger partial charge in [-0.1, -0.05) is 23.5 Å². The van der Waals surface area contributed by atoms with E-state index in [-0.39, 0.29) is 6.04 Å². The van der Waals surface area contributed by atoms with Crippen molar-refractivity contribution >= 4 is 22.6 Å². The summed E-state index contributed by atoms with van der Waals surface area (Å²) in [7, 11) is 4.05. The molecule has 2 heterocycles. The number of nitrogens with one attached hydrogen (secondary N) is 1. The van der Waals surface area contributed by atoms with Crippen LogP contribution in [0.25, 0.3) is 11.0 Å². The summed E-state index contributed by atoms with van der Waals surface area (Å²) < 4.78 is 6.26. The van der Waals surface area contributed by atoms with Crippen LogP contribution in [0.2, 0.25) is 0 Å². The molecule has 0 saturated carbocycles. The molecule has 2 aromatic heterocycles. The minimum absolute atomic E-state index is 0.204. The molecular formula is C15H19N5S. The highest BCUT2D eigenvalue weighted by molar-refractivity contribution is 7.05. The van der Waals surface area contributed by atoms with Gasteiger partial charge in [-0.05, 0) is 37.1 Å². The maximum absolute atomic E-state index is 4.75. The molecule has 5 nitrogen and oxygen atoms in total. The van der Waals surface area contributed by atoms with E-state index in [1.165, 1.54) is 21.9 Å². The highest BCUT2D eigenvalue weighted by atomic mass is 32.1. The maximum atomic E-state index is 4.75. The average Bonchev–Trinajstić information content (AvgIpc) is 3.10. The molecule has 0 radical (unpaired) electrons. The van der Waals surface area contributed by atoms with Crippen LogP contribution in [0.15, 0.2) is 24.3 Å². The first-order valence-corrected chi connectivity index (χ1v) is 7.90. The van der Waals surface area contributed by atoms with Gasteiger partial charge in [0.25, 0.3) is 0 Å². The number of aryl methyl sites for hydroxylation is 2. The second kappa shape index (κ2) is 5.91. The van der Waals surface area contributed by atoms with Gasteiger partial charge in [0.1, 0.15) is 5.82 Å². The van der Waals surface area contributed by atoms with Gasteiger partial charge < -0.3 is 9.88 Å². The van der Waals surface area contributed by atoms with Crippen LogP contribution in [0.1, 0.15) is 29.4 Å². The minimum Gasteiger partial charge on any atom is -0.331 e. The fourth-order valence-corrected chi connectivity index (χ4v) is 3.46. The molecule has 0 fully saturated rings. The third kappa shape index (κ3) is 2.56. The molecule has 1 unspecified atom stereocenters. The van der Waals surface area contributed by atoms with E-state index in [4.69, 9.17) is 4.98 Å². The Morgan fingerprint density at radius 1 is 1.33 bits per heavy atom. The number of likely N-dealkylation sites (N-methyl/N-ethyl adjacent to an activating group) is 1. The molecule has 0 aliphatic rings. The van der Waals surface area contributed by atoms with Crippen LogP contribution in [-0.2, 0) is 19.9 Å². The molecule has 21 heavy (non-hydrogen) atoms. The smallest absolute Gasteiger partial charge is 0.111 e. The largest absolute Gasteiger partial charge is 0.331 e. The van der Waals surface area contributed by atoms with Gasteiger partial charge in [-0.2, -0.15) is 0 Å². The van der Waals surface area contributed by atoms with Crippen molar-refractivity contribution in [3.63, 3.8) is 0 Å². The van der Waals surface area contributed by atoms with Crippen molar-refractivity contribution in [3.8, 4) is 0 Å². The van der Waals surface area contributed by atoms with Crippen LogP contribution in [0.4, 0.5) is 0 Å². The van der Waals surface area contributed by atoms with E-state index in [1.54, 1.807) is 0 Å². The molecule has 110 valence electrons. The highest BCUT2D eigenvalue weighted by Gasteiger charge is 2.20. The van der Waals surface area contributed by atoms with Gasteiger partial charge in [-0.25, -0.2) is 4.98 Å². The summed E-state index contributed by atoms with van der Waals surface area (Å²) in [5, 5.41) is 7.59. The molecule has 1 aromatic carbocycles. The van der Waals surface area contributed by atoms with Gasteiger partial charge in [0.2, 0.25) is 0 Å². The van der Waals surface area contributed by atoms with Crippen molar-refractivity contribution < 1.29 is 0 Å². The number of hydrogen-bond acceptors (Lipinski definition) is 5. The van der Waals surface area contributed by atoms with Gasteiger partial charge in [-0.3, -0.25) is 0 Å². The van der Waals surface area contributed by atoms with Crippen LogP contribution in [-0.4, -0.2) is 26.2 Å². The molecule has 0 amide bonds. The van der Waals surface area contributed by atoms with E-state index in [0.29, 0.717) is 0 Å². The van der Waals surface area contributed by atoms with E-state index >= 15 is 0 Å². The molecular weight excluding hydrogens is 282 g/mol. The van der Waals surface area contributed by atoms with Crippen molar-refractivity contribution in [3.05, 3.63) is 40.7 Å². The van der Waals surface area contributed by atoms with Crippen LogP contribution >= 0.6 is 11.5 Å². The lowest BCUT2D eigenvalue weighted by Crippen LogP contribution is -2.20. The number of para-hydroxylation sites is 2. The van der Waals surface area contributed by atoms with Crippen LogP contribution < -0.4 is 5.32 Å². The Morgan fingerprint density at radius 3 is 2.86 bits per heavy atom. The van der Waals surface area contributed by atoms with Crippen molar-refractivity contribution in [2.24, 2.45) is 7.05 Å². The average molecular weight is 301 g/mol. The Morgan fingerprint density at radius 2 is 2.14 bits per heavy atom. The fourth-order valence-electron chi connectivity index (χ4n) is 2.61. The lowest BCUT2D eigenvalue weighted by molar-refractivity contribution is 0.569. The van der Waals surface area contributed by atoms with E-state index in [2.05, 4.69) is 45.6 Å². The molecule has 0 aliphatic carbocycles. The van der Waals surface area contributed by atoms with Gasteiger partial charge in [0.05, 0.1) is 27.6 Å². The van der Waals surface area contributed by atoms with Crippen LogP contribution in [0, 0.1) is 0 Å². The van der Waals surface area contributed by atoms with E-state index in [1.807, 2.05) is 19.2 Å². The van der Waals surface area contributed by atoms with Gasteiger partial charge in [0, 0.05) is 13.5 Å². The highest BCUT2D eigenvalue weighted by Crippen LogP contribution is 2.25. The number of fused-ring (bicyclic) bond motifs is 1. The number of nitrogens with zero attached hydrogens (tertiary/aromatic N) is 4. The number of benzene rings is 1. The number of hydrogen-bond donors (Lipinski definition) is 1. The minimum atomic E-state index is 0.204. The van der Waals surface area contributed by atoms with Gasteiger partial charge in [0.15, 0.2) is 0 Å². The zero-order valence-electron chi connectivity index (χ0n) is 12.5. The number of imidazole rings is 1. The quantitative estimate of drug-likeness (QED) is 0.786. The van der Waals surface area contributed by atoms with Gasteiger partial charge in [-0.15, -0.1) is 5.10 Å². The predicted octanol–water partition coefficient (Wildman–Crippen LogP) is 2.49. The predicted molar refractivity (Wildman–Crippen MR) is 85.5 cm³/mol. The normalized spacial score (nSPS) is 12.9. The van der Waals surface area contributed by atoms with Crippen molar-refractivity contribution in [2.75, 3.05) is 7.05 Å². The third-order valence-electron chi connectivity index (χ3n) is 3.85. The van der Waals surface area contributed by atoms with Crippen molar-refractivity contribution in [2.45, 2.75) is 25.8 Å². The molecule has 0 bridgehead atoms. The summed E-state index contributed by atoms with van der Waals surface area (Å²) in [4.78, 5) is 5.97. The Kier molecular flexibility index (Phi) is 3.98. The molecule has 1 N–H and O–H groups in total. The zero-order chi connectivity index (χ0) is 14.8. The summed E-state index contributed by atoms with van der Waals surface area (Å²) in [6, 6.07) is 8.43. The summed E-state index contributed by atoms with van der Waals surface area (Å²) in [5.41, 5.74) is 3.29. The Balaban J connectivity index is 1.94. The molecule has 0 spiro atoms. The Bertz CT molecular complexity index is 745. The molecule has 6 heteroatoms. The molecule has 3 rings (SSSR count). The lowest BCUT2D eigenvalue weighted by Gasteiger charge is -2.14. The zero-order valence-corrected chi connectivity index (χ0v) is 13.3. The monoisotopic (exact) mass is 301 g/mol. The third-order valence-corrected chi connectivity index (χ3v) is 4.73. The second-order valence-corrected chi connectivity index (χ2v) is 5.84. The fraction of sp³-hybridized carbons (Fsp3) is 0.400. The summed E-state index contributed by atoms with van der Waals surface area (Å²) in [6.45, 7) is 2.11. The summed E-state index contributed by atoms with van der Waals surface area (Å²) in [6.07, 6.45) is 1.74. The summed E-state index contributed by atoms with van der Waals surface area (Å²) >= 11 is 1.48. The Hall–Kier alpha value is -1.79. The van der Waals surface area contributed by atoms with E-state index in [9.17, 15) is 0 Å². The molecule has 0 saturated heterocycles. The van der Waals surface area contributed by atoms with Crippen molar-refractivity contribution in [1.29, 1.82) is 0 Å².